The second-order valence-corrected chi connectivity index (χ2v) is 6.78. The zero-order valence-electron chi connectivity index (χ0n) is 13.0. The van der Waals surface area contributed by atoms with Gasteiger partial charge < -0.3 is 15.2 Å². The lowest BCUT2D eigenvalue weighted by Crippen LogP contribution is -2.41. The van der Waals surface area contributed by atoms with Crippen molar-refractivity contribution in [3.05, 3.63) is 40.0 Å². The summed E-state index contributed by atoms with van der Waals surface area (Å²) in [5.41, 5.74) is 1.34. The number of carbonyl (C=O) groups excluding carboxylic acids is 1. The molecule has 23 heavy (non-hydrogen) atoms. The quantitative estimate of drug-likeness (QED) is 0.875. The van der Waals surface area contributed by atoms with Crippen LogP contribution in [0.5, 0.6) is 5.88 Å². The van der Waals surface area contributed by atoms with Crippen molar-refractivity contribution < 1.29 is 14.6 Å². The minimum absolute atomic E-state index is 0.189. The van der Waals surface area contributed by atoms with Crippen molar-refractivity contribution in [3.63, 3.8) is 0 Å². The summed E-state index contributed by atoms with van der Waals surface area (Å²) >= 11 is 1.45. The zero-order chi connectivity index (χ0) is 16.4. The third kappa shape index (κ3) is 3.51. The molecule has 7 heteroatoms. The first kappa shape index (κ1) is 15.9. The lowest BCUT2D eigenvalue weighted by atomic mass is 9.75. The number of carbonyl (C=O) groups is 1. The summed E-state index contributed by atoms with van der Waals surface area (Å²) in [5.74, 6) is 0.531. The summed E-state index contributed by atoms with van der Waals surface area (Å²) in [5, 5.41) is 15.2. The van der Waals surface area contributed by atoms with Crippen LogP contribution in [0.2, 0.25) is 0 Å². The SMILES string of the molecule is COc1ccc([C@@H](NC(=O)c2csc(C)n2)C2CC(O)C2)cn1. The molecule has 0 aliphatic heterocycles. The number of aromatic nitrogens is 2. The van der Waals surface area contributed by atoms with Crippen molar-refractivity contribution in [2.45, 2.75) is 31.9 Å². The molecule has 2 aromatic heterocycles. The van der Waals surface area contributed by atoms with E-state index in [1.165, 1.54) is 11.3 Å². The van der Waals surface area contributed by atoms with Gasteiger partial charge in [-0.15, -0.1) is 11.3 Å². The Balaban J connectivity index is 1.79. The van der Waals surface area contributed by atoms with Gasteiger partial charge in [-0.3, -0.25) is 4.79 Å². The van der Waals surface area contributed by atoms with E-state index in [2.05, 4.69) is 15.3 Å². The molecule has 122 valence electrons. The smallest absolute Gasteiger partial charge is 0.271 e. The molecule has 2 heterocycles. The van der Waals surface area contributed by atoms with E-state index in [-0.39, 0.29) is 24.0 Å². The number of nitrogens with zero attached hydrogens (tertiary/aromatic N) is 2. The van der Waals surface area contributed by atoms with Gasteiger partial charge in [-0.1, -0.05) is 6.07 Å². The Hall–Kier alpha value is -1.99. The van der Waals surface area contributed by atoms with Crippen LogP contribution in [-0.4, -0.2) is 34.2 Å². The monoisotopic (exact) mass is 333 g/mol. The Morgan fingerprint density at radius 3 is 2.78 bits per heavy atom. The molecule has 0 bridgehead atoms. The average molecular weight is 333 g/mol. The van der Waals surface area contributed by atoms with Gasteiger partial charge in [0, 0.05) is 17.6 Å². The van der Waals surface area contributed by atoms with Crippen LogP contribution in [0, 0.1) is 12.8 Å². The second-order valence-electron chi connectivity index (χ2n) is 5.72. The number of nitrogens with one attached hydrogen (secondary N) is 1. The van der Waals surface area contributed by atoms with Crippen molar-refractivity contribution in [2.75, 3.05) is 7.11 Å². The van der Waals surface area contributed by atoms with E-state index in [9.17, 15) is 9.90 Å². The number of methoxy groups -OCH3 is 1. The van der Waals surface area contributed by atoms with E-state index >= 15 is 0 Å². The van der Waals surface area contributed by atoms with E-state index < -0.39 is 0 Å². The van der Waals surface area contributed by atoms with Gasteiger partial charge >= 0.3 is 0 Å². The highest BCUT2D eigenvalue weighted by Gasteiger charge is 2.36. The number of hydrogen-bond acceptors (Lipinski definition) is 6. The highest BCUT2D eigenvalue weighted by Crippen LogP contribution is 2.38. The molecule has 1 aliphatic carbocycles. The molecule has 0 unspecified atom stereocenters. The normalized spacial score (nSPS) is 21.3. The molecule has 2 N–H and O–H groups in total. The molecule has 2 aromatic rings. The number of aryl methyl sites for hydroxylation is 1. The van der Waals surface area contributed by atoms with Crippen LogP contribution in [-0.2, 0) is 0 Å². The molecule has 1 atom stereocenters. The van der Waals surface area contributed by atoms with E-state index in [0.717, 1.165) is 10.6 Å². The standard InChI is InChI=1S/C16H19N3O3S/c1-9-18-13(8-23-9)16(21)19-15(11-5-12(20)6-11)10-3-4-14(22-2)17-7-10/h3-4,7-8,11-12,15,20H,5-6H2,1-2H3,(H,19,21)/t11?,12?,15-/m1/s1. The minimum atomic E-state index is -0.285. The first-order valence-corrected chi connectivity index (χ1v) is 8.35. The highest BCUT2D eigenvalue weighted by molar-refractivity contribution is 7.09. The van der Waals surface area contributed by atoms with E-state index in [0.29, 0.717) is 24.4 Å². The fourth-order valence-corrected chi connectivity index (χ4v) is 3.35. The molecule has 1 saturated carbocycles. The van der Waals surface area contributed by atoms with Crippen LogP contribution < -0.4 is 10.1 Å². The summed E-state index contributed by atoms with van der Waals surface area (Å²) < 4.78 is 5.07. The van der Waals surface area contributed by atoms with E-state index in [4.69, 9.17) is 4.74 Å². The van der Waals surface area contributed by atoms with Crippen LogP contribution in [0.4, 0.5) is 0 Å². The summed E-state index contributed by atoms with van der Waals surface area (Å²) in [7, 11) is 1.56. The lowest BCUT2D eigenvalue weighted by molar-refractivity contribution is 0.0234. The van der Waals surface area contributed by atoms with Gasteiger partial charge in [0.15, 0.2) is 0 Å². The Bertz CT molecular complexity index is 680. The third-order valence-corrected chi connectivity index (χ3v) is 4.86. The van der Waals surface area contributed by atoms with Gasteiger partial charge in [-0.2, -0.15) is 0 Å². The predicted molar refractivity (Wildman–Crippen MR) is 86.6 cm³/mol. The largest absolute Gasteiger partial charge is 0.481 e. The van der Waals surface area contributed by atoms with Crippen LogP contribution in [0.25, 0.3) is 0 Å². The maximum Gasteiger partial charge on any atom is 0.271 e. The van der Waals surface area contributed by atoms with Crippen molar-refractivity contribution in [1.82, 2.24) is 15.3 Å². The van der Waals surface area contributed by atoms with Gasteiger partial charge in [0.2, 0.25) is 5.88 Å². The van der Waals surface area contributed by atoms with Crippen LogP contribution >= 0.6 is 11.3 Å². The van der Waals surface area contributed by atoms with Crippen molar-refractivity contribution >= 4 is 17.2 Å². The van der Waals surface area contributed by atoms with Gasteiger partial charge in [-0.25, -0.2) is 9.97 Å². The van der Waals surface area contributed by atoms with Crippen LogP contribution in [0.15, 0.2) is 23.7 Å². The molecule has 1 fully saturated rings. The third-order valence-electron chi connectivity index (χ3n) is 4.09. The average Bonchev–Trinajstić information content (AvgIpc) is 2.96. The summed E-state index contributed by atoms with van der Waals surface area (Å²) in [6.45, 7) is 1.87. The maximum atomic E-state index is 12.4. The van der Waals surface area contributed by atoms with Crippen molar-refractivity contribution in [3.8, 4) is 5.88 Å². The number of aliphatic hydroxyl groups is 1. The van der Waals surface area contributed by atoms with Crippen LogP contribution in [0.1, 0.15) is 39.9 Å². The zero-order valence-corrected chi connectivity index (χ0v) is 13.8. The molecule has 0 radical (unpaired) electrons. The summed E-state index contributed by atoms with van der Waals surface area (Å²) in [6, 6.07) is 3.48. The van der Waals surface area contributed by atoms with Crippen LogP contribution in [0.3, 0.4) is 0 Å². The topological polar surface area (TPSA) is 84.3 Å². The molecule has 1 aliphatic rings. The molecule has 6 nitrogen and oxygen atoms in total. The molecule has 3 rings (SSSR count). The fourth-order valence-electron chi connectivity index (χ4n) is 2.75. The fraction of sp³-hybridized carbons (Fsp3) is 0.438. The van der Waals surface area contributed by atoms with Gasteiger partial charge in [0.25, 0.3) is 5.91 Å². The summed E-state index contributed by atoms with van der Waals surface area (Å²) in [6.07, 6.45) is 2.77. The Labute approximate surface area is 138 Å². The Morgan fingerprint density at radius 1 is 1.48 bits per heavy atom. The number of hydrogen-bond donors (Lipinski definition) is 2. The van der Waals surface area contributed by atoms with E-state index in [1.807, 2.05) is 13.0 Å². The summed E-state index contributed by atoms with van der Waals surface area (Å²) in [4.78, 5) is 20.9. The molecule has 0 spiro atoms. The van der Waals surface area contributed by atoms with Gasteiger partial charge in [0.05, 0.1) is 24.3 Å². The van der Waals surface area contributed by atoms with E-state index in [1.54, 1.807) is 24.8 Å². The highest BCUT2D eigenvalue weighted by atomic mass is 32.1. The number of thiazole rings is 1. The second kappa shape index (κ2) is 6.64. The molecule has 0 saturated heterocycles. The molecular weight excluding hydrogens is 314 g/mol. The minimum Gasteiger partial charge on any atom is -0.481 e. The number of pyridine rings is 1. The first-order chi connectivity index (χ1) is 11.1. The Morgan fingerprint density at radius 2 is 2.26 bits per heavy atom. The van der Waals surface area contributed by atoms with Gasteiger partial charge in [-0.05, 0) is 31.2 Å². The van der Waals surface area contributed by atoms with Gasteiger partial charge in [0.1, 0.15) is 5.69 Å². The molecular formula is C16H19N3O3S. The first-order valence-electron chi connectivity index (χ1n) is 7.48. The number of amides is 1. The number of aliphatic hydroxyl groups excluding tert-OH is 1. The van der Waals surface area contributed by atoms with Crippen molar-refractivity contribution in [2.24, 2.45) is 5.92 Å². The Kier molecular flexibility index (Phi) is 4.58. The predicted octanol–water partition coefficient (Wildman–Crippen LogP) is 2.10. The number of ether oxygens (including phenoxy) is 1. The number of rotatable bonds is 5. The molecule has 0 aromatic carbocycles. The van der Waals surface area contributed by atoms with Crippen molar-refractivity contribution in [1.29, 1.82) is 0 Å². The lowest BCUT2D eigenvalue weighted by Gasteiger charge is -2.38. The maximum absolute atomic E-state index is 12.4. The molecule has 1 amide bonds.